The second-order valence-corrected chi connectivity index (χ2v) is 14.4. The Bertz CT molecular complexity index is 3110. The van der Waals surface area contributed by atoms with E-state index in [1.807, 2.05) is 12.3 Å². The highest BCUT2D eigenvalue weighted by Gasteiger charge is 2.20. The number of hydrogen-bond acceptors (Lipinski definition) is 2. The molecule has 0 aliphatic heterocycles. The van der Waals surface area contributed by atoms with Gasteiger partial charge in [-0.2, -0.15) is 0 Å². The highest BCUT2D eigenvalue weighted by molar-refractivity contribution is 6.10. The molecule has 0 aliphatic carbocycles. The van der Waals surface area contributed by atoms with Crippen LogP contribution in [0.25, 0.3) is 77.4 Å². The maximum Gasteiger partial charge on any atom is 0.145 e. The molecule has 3 aromatic heterocycles. The summed E-state index contributed by atoms with van der Waals surface area (Å²) in [5, 5.41) is 4.83. The maximum atomic E-state index is 4.84. The fourth-order valence-electron chi connectivity index (χ4n) is 8.58. The van der Waals surface area contributed by atoms with Crippen molar-refractivity contribution in [3.8, 4) is 33.6 Å². The fourth-order valence-corrected chi connectivity index (χ4v) is 8.58. The first-order chi connectivity index (χ1) is 28.3. The Labute approximate surface area is 330 Å². The van der Waals surface area contributed by atoms with Gasteiger partial charge in [-0.05, 0) is 102 Å². The van der Waals surface area contributed by atoms with E-state index in [2.05, 4.69) is 220 Å². The zero-order chi connectivity index (χ0) is 37.7. The van der Waals surface area contributed by atoms with Crippen molar-refractivity contribution in [1.82, 2.24) is 14.1 Å². The van der Waals surface area contributed by atoms with Gasteiger partial charge in [-0.25, -0.2) is 4.98 Å². The van der Waals surface area contributed by atoms with Crippen molar-refractivity contribution < 1.29 is 0 Å². The topological polar surface area (TPSA) is 26.0 Å². The van der Waals surface area contributed by atoms with Crippen molar-refractivity contribution in [1.29, 1.82) is 0 Å². The summed E-state index contributed by atoms with van der Waals surface area (Å²) in [7, 11) is 0. The van der Waals surface area contributed by atoms with Gasteiger partial charge in [0, 0.05) is 56.1 Å². The molecule has 0 saturated heterocycles. The van der Waals surface area contributed by atoms with Crippen molar-refractivity contribution in [3.05, 3.63) is 219 Å². The largest absolute Gasteiger partial charge is 0.310 e. The quantitative estimate of drug-likeness (QED) is 0.163. The van der Waals surface area contributed by atoms with Gasteiger partial charge in [0.1, 0.15) is 5.65 Å². The molecular formula is C53H36N4. The van der Waals surface area contributed by atoms with E-state index in [0.29, 0.717) is 0 Å². The third kappa shape index (κ3) is 5.50. The number of nitrogens with zero attached hydrogens (tertiary/aromatic N) is 4. The van der Waals surface area contributed by atoms with Crippen LogP contribution in [0.2, 0.25) is 0 Å². The molecule has 0 atom stereocenters. The highest BCUT2D eigenvalue weighted by Crippen LogP contribution is 2.42. The molecule has 0 amide bonds. The van der Waals surface area contributed by atoms with Gasteiger partial charge in [0.25, 0.3) is 0 Å². The molecule has 0 aliphatic rings. The van der Waals surface area contributed by atoms with Crippen LogP contribution in [0.1, 0.15) is 0 Å². The molecule has 0 bridgehead atoms. The lowest BCUT2D eigenvalue weighted by Gasteiger charge is -2.27. The average molecular weight is 729 g/mol. The summed E-state index contributed by atoms with van der Waals surface area (Å²) in [6, 6.07) is 76.2. The minimum Gasteiger partial charge on any atom is -0.310 e. The summed E-state index contributed by atoms with van der Waals surface area (Å²) in [5.41, 5.74) is 14.5. The molecule has 57 heavy (non-hydrogen) atoms. The Morgan fingerprint density at radius 1 is 0.351 bits per heavy atom. The summed E-state index contributed by atoms with van der Waals surface area (Å²) < 4.78 is 4.69. The molecule has 4 nitrogen and oxygen atoms in total. The summed E-state index contributed by atoms with van der Waals surface area (Å²) >= 11 is 0. The molecule has 11 rings (SSSR count). The van der Waals surface area contributed by atoms with E-state index in [1.54, 1.807) is 0 Å². The van der Waals surface area contributed by atoms with Gasteiger partial charge in [-0.3, -0.25) is 4.57 Å². The smallest absolute Gasteiger partial charge is 0.145 e. The van der Waals surface area contributed by atoms with E-state index in [9.17, 15) is 0 Å². The summed E-state index contributed by atoms with van der Waals surface area (Å²) in [5.74, 6) is 0. The normalized spacial score (nSPS) is 11.5. The van der Waals surface area contributed by atoms with Crippen LogP contribution in [0.4, 0.5) is 17.1 Å². The van der Waals surface area contributed by atoms with Gasteiger partial charge in [-0.15, -0.1) is 0 Å². The Hall–Kier alpha value is -7.69. The van der Waals surface area contributed by atoms with Crippen LogP contribution in [0.3, 0.4) is 0 Å². The first-order valence-corrected chi connectivity index (χ1v) is 19.4. The van der Waals surface area contributed by atoms with E-state index >= 15 is 0 Å². The number of pyridine rings is 1. The number of benzene rings is 8. The van der Waals surface area contributed by atoms with Crippen LogP contribution < -0.4 is 4.90 Å². The van der Waals surface area contributed by atoms with E-state index < -0.39 is 0 Å². The Balaban J connectivity index is 1.10. The molecule has 8 aromatic carbocycles. The molecule has 3 heterocycles. The highest BCUT2D eigenvalue weighted by atomic mass is 15.1. The molecule has 0 N–H and O–H groups in total. The Morgan fingerprint density at radius 3 is 1.46 bits per heavy atom. The van der Waals surface area contributed by atoms with E-state index in [0.717, 1.165) is 56.1 Å². The fraction of sp³-hybridized carbons (Fsp3) is 0. The molecule has 0 radical (unpaired) electrons. The van der Waals surface area contributed by atoms with E-state index in [1.165, 1.54) is 38.3 Å². The SMILES string of the molecule is c1ccc(-c2ccc(N(c3ccc(-n4c5ccccc5c5cccnc54)cc3)c3ccc(-n4c5ccccc5c5ccccc54)c(-c4ccccc4)c3)cc2)cc1. The number of anilines is 3. The van der Waals surface area contributed by atoms with Gasteiger partial charge in [0.05, 0.1) is 22.2 Å². The standard InChI is InChI=1S/C53H36N4/c1-3-14-37(15-4-1)38-25-27-40(28-26-38)55(41-29-31-42(32-30-41)56-49-22-10-9-20-46(49)47-21-13-35-54-53(47)56)43-33-34-52(48(36-43)39-16-5-2-6-17-39)57-50-23-11-7-18-44(50)45-19-8-12-24-51(45)57/h1-36H. The zero-order valence-electron chi connectivity index (χ0n) is 31.1. The van der Waals surface area contributed by atoms with Crippen LogP contribution in [0.15, 0.2) is 219 Å². The monoisotopic (exact) mass is 728 g/mol. The van der Waals surface area contributed by atoms with Crippen molar-refractivity contribution in [2.45, 2.75) is 0 Å². The number of rotatable bonds is 7. The third-order valence-corrected chi connectivity index (χ3v) is 11.2. The molecule has 4 heteroatoms. The minimum absolute atomic E-state index is 0.952. The number of hydrogen-bond donors (Lipinski definition) is 0. The van der Waals surface area contributed by atoms with Crippen molar-refractivity contribution in [2.75, 3.05) is 4.90 Å². The van der Waals surface area contributed by atoms with Crippen LogP contribution in [-0.4, -0.2) is 14.1 Å². The second kappa shape index (κ2) is 13.6. The van der Waals surface area contributed by atoms with Crippen molar-refractivity contribution in [3.63, 3.8) is 0 Å². The number of fused-ring (bicyclic) bond motifs is 6. The Kier molecular flexibility index (Phi) is 7.78. The van der Waals surface area contributed by atoms with E-state index in [-0.39, 0.29) is 0 Å². The van der Waals surface area contributed by atoms with Crippen LogP contribution >= 0.6 is 0 Å². The summed E-state index contributed by atoms with van der Waals surface area (Å²) in [6.07, 6.45) is 1.88. The predicted octanol–water partition coefficient (Wildman–Crippen LogP) is 14.1. The third-order valence-electron chi connectivity index (χ3n) is 11.2. The number of aromatic nitrogens is 3. The van der Waals surface area contributed by atoms with Gasteiger partial charge >= 0.3 is 0 Å². The minimum atomic E-state index is 0.952. The predicted molar refractivity (Wildman–Crippen MR) is 238 cm³/mol. The Morgan fingerprint density at radius 2 is 0.825 bits per heavy atom. The van der Waals surface area contributed by atoms with Crippen LogP contribution in [0.5, 0.6) is 0 Å². The molecule has 0 spiro atoms. The first-order valence-electron chi connectivity index (χ1n) is 19.4. The molecule has 0 saturated carbocycles. The van der Waals surface area contributed by atoms with Gasteiger partial charge in [-0.1, -0.05) is 127 Å². The first kappa shape index (κ1) is 32.7. The van der Waals surface area contributed by atoms with Gasteiger partial charge in [0.15, 0.2) is 0 Å². The lowest BCUT2D eigenvalue weighted by Crippen LogP contribution is -2.11. The van der Waals surface area contributed by atoms with Crippen molar-refractivity contribution >= 4 is 60.8 Å². The van der Waals surface area contributed by atoms with Gasteiger partial charge < -0.3 is 9.47 Å². The number of para-hydroxylation sites is 3. The van der Waals surface area contributed by atoms with Crippen molar-refractivity contribution in [2.24, 2.45) is 0 Å². The zero-order valence-corrected chi connectivity index (χ0v) is 31.1. The summed E-state index contributed by atoms with van der Waals surface area (Å²) in [6.45, 7) is 0. The second-order valence-electron chi connectivity index (χ2n) is 14.4. The average Bonchev–Trinajstić information content (AvgIpc) is 3.81. The molecule has 268 valence electrons. The lowest BCUT2D eigenvalue weighted by molar-refractivity contribution is 1.13. The molecule has 11 aromatic rings. The molecule has 0 unspecified atom stereocenters. The molecule has 0 fully saturated rings. The van der Waals surface area contributed by atoms with Crippen LogP contribution in [0, 0.1) is 0 Å². The molecular weight excluding hydrogens is 693 g/mol. The van der Waals surface area contributed by atoms with E-state index in [4.69, 9.17) is 4.98 Å². The summed E-state index contributed by atoms with van der Waals surface area (Å²) in [4.78, 5) is 7.20. The van der Waals surface area contributed by atoms with Gasteiger partial charge in [0.2, 0.25) is 0 Å². The maximum absolute atomic E-state index is 4.84. The van der Waals surface area contributed by atoms with Crippen LogP contribution in [-0.2, 0) is 0 Å². The lowest BCUT2D eigenvalue weighted by atomic mass is 10.0.